The monoisotopic (exact) mass is 543 g/mol. The fraction of sp³-hybridized carbons (Fsp3) is 0.320. The summed E-state index contributed by atoms with van der Waals surface area (Å²) in [5.74, 6) is -0.128. The van der Waals surface area contributed by atoms with Crippen LogP contribution in [0.15, 0.2) is 48.5 Å². The van der Waals surface area contributed by atoms with E-state index in [0.29, 0.717) is 36.0 Å². The van der Waals surface area contributed by atoms with Gasteiger partial charge in [0.1, 0.15) is 11.8 Å². The van der Waals surface area contributed by atoms with Crippen LogP contribution in [-0.2, 0) is 22.5 Å². The van der Waals surface area contributed by atoms with E-state index in [1.807, 2.05) is 12.1 Å². The number of benzene rings is 2. The number of methoxy groups -OCH3 is 1. The molecule has 1 aromatic heterocycles. The third-order valence-corrected chi connectivity index (χ3v) is 5.38. The molecule has 12 nitrogen and oxygen atoms in total. The molecule has 0 fully saturated rings. The van der Waals surface area contributed by atoms with Crippen LogP contribution in [-0.4, -0.2) is 77.4 Å². The fourth-order valence-electron chi connectivity index (χ4n) is 3.12. The van der Waals surface area contributed by atoms with E-state index in [0.717, 1.165) is 5.56 Å². The summed E-state index contributed by atoms with van der Waals surface area (Å²) >= 11 is 5.95. The summed E-state index contributed by atoms with van der Waals surface area (Å²) in [5.41, 5.74) is 1.67. The Kier molecular flexibility index (Phi) is 10.4. The molecule has 1 atom stereocenters. The molecule has 0 bridgehead atoms. The van der Waals surface area contributed by atoms with E-state index in [-0.39, 0.29) is 24.3 Å². The highest BCUT2D eigenvalue weighted by Crippen LogP contribution is 2.17. The summed E-state index contributed by atoms with van der Waals surface area (Å²) < 4.78 is 10.3. The first kappa shape index (κ1) is 28.4. The zero-order valence-corrected chi connectivity index (χ0v) is 22.0. The fourth-order valence-corrected chi connectivity index (χ4v) is 3.25. The molecule has 0 saturated heterocycles. The number of aromatic nitrogens is 3. The van der Waals surface area contributed by atoms with Crippen LogP contribution < -0.4 is 20.7 Å². The van der Waals surface area contributed by atoms with Crippen molar-refractivity contribution in [2.45, 2.75) is 19.0 Å². The maximum Gasteiger partial charge on any atom is 0.414 e. The lowest BCUT2D eigenvalue weighted by atomic mass is 10.1. The summed E-state index contributed by atoms with van der Waals surface area (Å²) in [6.45, 7) is 1.30. The van der Waals surface area contributed by atoms with Gasteiger partial charge in [-0.1, -0.05) is 35.9 Å². The summed E-state index contributed by atoms with van der Waals surface area (Å²) in [6.07, 6.45) is -0.379. The van der Waals surface area contributed by atoms with Crippen LogP contribution in [0.2, 0.25) is 5.02 Å². The number of carboxylic acid groups (broad SMARTS) is 1. The van der Waals surface area contributed by atoms with Crippen LogP contribution in [0.1, 0.15) is 11.1 Å². The number of carbonyl (C=O) groups is 2. The summed E-state index contributed by atoms with van der Waals surface area (Å²) in [5, 5.41) is 19.5. The average Bonchev–Trinajstić information content (AvgIpc) is 2.89. The third kappa shape index (κ3) is 9.05. The molecule has 13 heteroatoms. The minimum absolute atomic E-state index is 0.0856. The van der Waals surface area contributed by atoms with Crippen LogP contribution in [0, 0.1) is 0 Å². The largest absolute Gasteiger partial charge is 0.480 e. The molecule has 2 aromatic carbocycles. The number of amides is 1. The minimum Gasteiger partial charge on any atom is -0.480 e. The number of hydrogen-bond donors (Lipinski definition) is 4. The van der Waals surface area contributed by atoms with E-state index in [1.165, 1.54) is 4.90 Å². The van der Waals surface area contributed by atoms with Gasteiger partial charge in [0.05, 0.1) is 6.61 Å². The zero-order valence-electron chi connectivity index (χ0n) is 21.3. The number of hydrogen-bond acceptors (Lipinski definition) is 10. The predicted octanol–water partition coefficient (Wildman–Crippen LogP) is 3.36. The first-order chi connectivity index (χ1) is 18.2. The molecule has 202 valence electrons. The number of rotatable bonds is 13. The van der Waals surface area contributed by atoms with Gasteiger partial charge in [0.15, 0.2) is 0 Å². The number of aliphatic carboxylic acids is 1. The van der Waals surface area contributed by atoms with Crippen molar-refractivity contribution in [1.29, 1.82) is 0 Å². The second kappa shape index (κ2) is 14.0. The highest BCUT2D eigenvalue weighted by atomic mass is 35.5. The number of anilines is 3. The van der Waals surface area contributed by atoms with Gasteiger partial charge in [0, 0.05) is 45.7 Å². The molecule has 0 aliphatic rings. The van der Waals surface area contributed by atoms with Gasteiger partial charge in [-0.05, 0) is 35.4 Å². The van der Waals surface area contributed by atoms with Crippen LogP contribution in [0.25, 0.3) is 0 Å². The molecule has 0 spiro atoms. The SMILES string of the molecule is COCCNc1nc(NCc2ccc(Cl)cc2)nc(N[C@@H](Cc2ccc(OC(=O)N(C)C)cc2)C(=O)O)n1. The Bertz CT molecular complexity index is 1210. The van der Waals surface area contributed by atoms with E-state index in [9.17, 15) is 14.7 Å². The van der Waals surface area contributed by atoms with Gasteiger partial charge < -0.3 is 35.4 Å². The van der Waals surface area contributed by atoms with Crippen LogP contribution in [0.4, 0.5) is 22.6 Å². The van der Waals surface area contributed by atoms with Crippen molar-refractivity contribution >= 4 is 41.5 Å². The van der Waals surface area contributed by atoms with E-state index in [1.54, 1.807) is 57.6 Å². The van der Waals surface area contributed by atoms with Crippen molar-refractivity contribution in [3.63, 3.8) is 0 Å². The maximum atomic E-state index is 12.0. The van der Waals surface area contributed by atoms with Gasteiger partial charge in [0.25, 0.3) is 0 Å². The normalized spacial score (nSPS) is 11.4. The van der Waals surface area contributed by atoms with Crippen LogP contribution in [0.3, 0.4) is 0 Å². The lowest BCUT2D eigenvalue weighted by Gasteiger charge is -2.17. The van der Waals surface area contributed by atoms with Crippen LogP contribution in [0.5, 0.6) is 5.75 Å². The van der Waals surface area contributed by atoms with Crippen LogP contribution >= 0.6 is 11.6 Å². The summed E-state index contributed by atoms with van der Waals surface area (Å²) in [4.78, 5) is 38.1. The number of ether oxygens (including phenoxy) is 2. The van der Waals surface area contributed by atoms with Crippen molar-refractivity contribution in [2.24, 2.45) is 0 Å². The lowest BCUT2D eigenvalue weighted by molar-refractivity contribution is -0.137. The topological polar surface area (TPSA) is 151 Å². The zero-order chi connectivity index (χ0) is 27.5. The first-order valence-electron chi connectivity index (χ1n) is 11.7. The van der Waals surface area contributed by atoms with Crippen molar-refractivity contribution < 1.29 is 24.2 Å². The predicted molar refractivity (Wildman–Crippen MR) is 144 cm³/mol. The molecule has 0 radical (unpaired) electrons. The molecule has 0 aliphatic heterocycles. The average molecular weight is 544 g/mol. The smallest absolute Gasteiger partial charge is 0.414 e. The Morgan fingerprint density at radius 1 is 0.947 bits per heavy atom. The lowest BCUT2D eigenvalue weighted by Crippen LogP contribution is -2.32. The highest BCUT2D eigenvalue weighted by Gasteiger charge is 2.20. The molecule has 0 aliphatic carbocycles. The molecule has 0 saturated carbocycles. The van der Waals surface area contributed by atoms with Gasteiger partial charge in [-0.3, -0.25) is 0 Å². The second-order valence-electron chi connectivity index (χ2n) is 8.35. The molecule has 1 amide bonds. The maximum absolute atomic E-state index is 12.0. The second-order valence-corrected chi connectivity index (χ2v) is 8.79. The van der Waals surface area contributed by atoms with Crippen molar-refractivity contribution in [1.82, 2.24) is 19.9 Å². The molecule has 4 N–H and O–H groups in total. The Morgan fingerprint density at radius 3 is 2.16 bits per heavy atom. The van der Waals surface area contributed by atoms with Crippen molar-refractivity contribution in [3.05, 3.63) is 64.7 Å². The van der Waals surface area contributed by atoms with E-state index in [4.69, 9.17) is 21.1 Å². The highest BCUT2D eigenvalue weighted by molar-refractivity contribution is 6.30. The van der Waals surface area contributed by atoms with E-state index in [2.05, 4.69) is 30.9 Å². The van der Waals surface area contributed by atoms with E-state index < -0.39 is 18.1 Å². The molecular formula is C25H30ClN7O5. The quantitative estimate of drug-likeness (QED) is 0.235. The Hall–Kier alpha value is -4.16. The Balaban J connectivity index is 1.73. The molecule has 1 heterocycles. The molecule has 3 aromatic rings. The molecule has 3 rings (SSSR count). The third-order valence-electron chi connectivity index (χ3n) is 5.12. The van der Waals surface area contributed by atoms with Gasteiger partial charge >= 0.3 is 12.1 Å². The number of halogens is 1. The molecular weight excluding hydrogens is 514 g/mol. The number of nitrogens with one attached hydrogen (secondary N) is 3. The standard InChI is InChI=1S/C25H30ClN7O5/c1-33(2)25(36)38-19-10-6-16(7-11-19)14-20(21(34)35)29-24-31-22(27-12-13-37-3)30-23(32-24)28-15-17-4-8-18(26)9-5-17/h4-11,20H,12-15H2,1-3H3,(H,34,35)(H3,27,28,29,30,31,32)/t20-/m0/s1. The Labute approximate surface area is 225 Å². The van der Waals surface area contributed by atoms with Gasteiger partial charge in [-0.2, -0.15) is 15.0 Å². The van der Waals surface area contributed by atoms with Gasteiger partial charge in [-0.25, -0.2) is 9.59 Å². The number of carboxylic acids is 1. The van der Waals surface area contributed by atoms with Crippen molar-refractivity contribution in [3.8, 4) is 5.75 Å². The number of nitrogens with zero attached hydrogens (tertiary/aromatic N) is 4. The Morgan fingerprint density at radius 2 is 1.55 bits per heavy atom. The summed E-state index contributed by atoms with van der Waals surface area (Å²) in [6, 6.07) is 12.9. The molecule has 0 unspecified atom stereocenters. The minimum atomic E-state index is -1.09. The number of carbonyl (C=O) groups excluding carboxylic acids is 1. The van der Waals surface area contributed by atoms with Gasteiger partial charge in [0.2, 0.25) is 17.8 Å². The summed E-state index contributed by atoms with van der Waals surface area (Å²) in [7, 11) is 4.74. The van der Waals surface area contributed by atoms with Crippen molar-refractivity contribution in [2.75, 3.05) is 50.3 Å². The molecule has 38 heavy (non-hydrogen) atoms. The van der Waals surface area contributed by atoms with Gasteiger partial charge in [-0.15, -0.1) is 0 Å². The first-order valence-corrected chi connectivity index (χ1v) is 12.1. The van der Waals surface area contributed by atoms with E-state index >= 15 is 0 Å².